The lowest BCUT2D eigenvalue weighted by atomic mass is 9.97. The van der Waals surface area contributed by atoms with E-state index in [2.05, 4.69) is 102 Å². The van der Waals surface area contributed by atoms with E-state index < -0.39 is 0 Å². The monoisotopic (exact) mass is 664 g/mol. The van der Waals surface area contributed by atoms with Crippen LogP contribution in [0.4, 0.5) is 0 Å². The molecule has 0 saturated carbocycles. The summed E-state index contributed by atoms with van der Waals surface area (Å²) in [6.07, 6.45) is 11.0. The van der Waals surface area contributed by atoms with Gasteiger partial charge in [-0.05, 0) is 92.3 Å². The highest BCUT2D eigenvalue weighted by Gasteiger charge is 2.20. The first kappa shape index (κ1) is 40.6. The van der Waals surface area contributed by atoms with E-state index in [0.29, 0.717) is 41.7 Å². The van der Waals surface area contributed by atoms with Crippen LogP contribution in [0.2, 0.25) is 0 Å². The lowest BCUT2D eigenvalue weighted by Gasteiger charge is -2.29. The summed E-state index contributed by atoms with van der Waals surface area (Å²) in [7, 11) is 8.42. The van der Waals surface area contributed by atoms with Crippen molar-refractivity contribution in [2.45, 2.75) is 65.2 Å². The highest BCUT2D eigenvalue weighted by molar-refractivity contribution is 5.77. The first-order valence-electron chi connectivity index (χ1n) is 17.8. The van der Waals surface area contributed by atoms with Gasteiger partial charge in [-0.1, -0.05) is 38.1 Å². The van der Waals surface area contributed by atoms with Crippen molar-refractivity contribution in [3.8, 4) is 22.6 Å². The molecule has 2 amide bonds. The van der Waals surface area contributed by atoms with Gasteiger partial charge in [0.2, 0.25) is 0 Å². The van der Waals surface area contributed by atoms with Crippen molar-refractivity contribution in [3.05, 3.63) is 72.8 Å². The normalized spacial score (nSPS) is 11.5. The summed E-state index contributed by atoms with van der Waals surface area (Å²) >= 11 is 0. The van der Waals surface area contributed by atoms with Gasteiger partial charge in [0, 0.05) is 18.7 Å². The molecular weight excluding hydrogens is 600 g/mol. The SMILES string of the molecule is C=CCc1ccc(OCCCC[N+](C)(C)CC(=O)NCCC)c(-c2ccc(OCCCC[N+](C)(C)CC(=O)NCCC)c(CC=C)c2)c1. The lowest BCUT2D eigenvalue weighted by Crippen LogP contribution is -2.48. The minimum absolute atomic E-state index is 0.109. The van der Waals surface area contributed by atoms with Crippen LogP contribution >= 0.6 is 0 Å². The van der Waals surface area contributed by atoms with Crippen molar-refractivity contribution in [1.82, 2.24) is 10.6 Å². The second kappa shape index (κ2) is 21.4. The molecule has 0 heterocycles. The fourth-order valence-electron chi connectivity index (χ4n) is 5.65. The highest BCUT2D eigenvalue weighted by atomic mass is 16.5. The Morgan fingerprint density at radius 2 is 1.23 bits per heavy atom. The molecule has 2 aromatic carbocycles. The van der Waals surface area contributed by atoms with Crippen molar-refractivity contribution in [1.29, 1.82) is 0 Å². The van der Waals surface area contributed by atoms with Crippen molar-refractivity contribution in [2.24, 2.45) is 0 Å². The van der Waals surface area contributed by atoms with Gasteiger partial charge in [0.25, 0.3) is 11.8 Å². The maximum absolute atomic E-state index is 12.2. The van der Waals surface area contributed by atoms with E-state index in [1.54, 1.807) is 0 Å². The number of allylic oxidation sites excluding steroid dienone is 2. The second-order valence-electron chi connectivity index (χ2n) is 14.1. The molecule has 0 unspecified atom stereocenters. The quantitative estimate of drug-likeness (QED) is 0.0739. The van der Waals surface area contributed by atoms with Gasteiger partial charge in [-0.15, -0.1) is 13.2 Å². The van der Waals surface area contributed by atoms with Gasteiger partial charge < -0.3 is 29.1 Å². The molecule has 48 heavy (non-hydrogen) atoms. The van der Waals surface area contributed by atoms with E-state index >= 15 is 0 Å². The maximum Gasteiger partial charge on any atom is 0.275 e. The zero-order valence-electron chi connectivity index (χ0n) is 30.9. The van der Waals surface area contributed by atoms with Crippen LogP contribution in [0.15, 0.2) is 61.7 Å². The van der Waals surface area contributed by atoms with E-state index in [1.807, 2.05) is 12.2 Å². The Balaban J connectivity index is 2.03. The van der Waals surface area contributed by atoms with Gasteiger partial charge in [-0.2, -0.15) is 0 Å². The molecule has 0 bridgehead atoms. The third-order valence-corrected chi connectivity index (χ3v) is 8.28. The minimum atomic E-state index is 0.109. The maximum atomic E-state index is 12.2. The molecule has 0 atom stereocenters. The predicted molar refractivity (Wildman–Crippen MR) is 199 cm³/mol. The van der Waals surface area contributed by atoms with Crippen molar-refractivity contribution in [3.63, 3.8) is 0 Å². The molecule has 0 aliphatic carbocycles. The van der Waals surface area contributed by atoms with Crippen LogP contribution in [0.1, 0.15) is 63.5 Å². The molecule has 8 nitrogen and oxygen atoms in total. The molecule has 8 heteroatoms. The summed E-state index contributed by atoms with van der Waals surface area (Å²) in [6.45, 7) is 17.5. The van der Waals surface area contributed by atoms with Crippen molar-refractivity contribution in [2.75, 3.05) is 80.7 Å². The number of benzene rings is 2. The fraction of sp³-hybridized carbons (Fsp3) is 0.550. The Morgan fingerprint density at radius 3 is 1.75 bits per heavy atom. The van der Waals surface area contributed by atoms with Crippen molar-refractivity contribution >= 4 is 11.8 Å². The molecule has 0 aliphatic rings. The fourth-order valence-corrected chi connectivity index (χ4v) is 5.65. The van der Waals surface area contributed by atoms with E-state index in [-0.39, 0.29) is 11.8 Å². The molecule has 0 fully saturated rings. The van der Waals surface area contributed by atoms with Gasteiger partial charge in [0.05, 0.1) is 54.5 Å². The molecule has 0 spiro atoms. The standard InChI is InChI=1S/C40H62N4O4/c1-9-17-33-19-21-38(48-28-16-14-26-44(7,8)32-40(46)42-24-12-4)36(29-33)34-20-22-37(35(30-34)18-10-2)47-27-15-13-25-43(5,6)31-39(45)41-23-11-3/h9-10,19-22,29-30H,1-2,11-18,23-28,31-32H2,3-8H3/p+2. The largest absolute Gasteiger partial charge is 0.493 e. The number of nitrogens with one attached hydrogen (secondary N) is 2. The zero-order chi connectivity index (χ0) is 35.4. The number of amides is 2. The molecule has 0 radical (unpaired) electrons. The van der Waals surface area contributed by atoms with Gasteiger partial charge in [-0.3, -0.25) is 9.59 Å². The Bertz CT molecular complexity index is 1300. The second-order valence-corrected chi connectivity index (χ2v) is 14.1. The number of ether oxygens (including phenoxy) is 2. The van der Waals surface area contributed by atoms with Crippen LogP contribution in [0.5, 0.6) is 11.5 Å². The molecule has 2 N–H and O–H groups in total. The Hall–Kier alpha value is -3.62. The number of unbranched alkanes of at least 4 members (excludes halogenated alkanes) is 2. The topological polar surface area (TPSA) is 76.7 Å². The Kier molecular flexibility index (Phi) is 18.1. The highest BCUT2D eigenvalue weighted by Crippen LogP contribution is 2.35. The number of quaternary nitrogens is 2. The lowest BCUT2D eigenvalue weighted by molar-refractivity contribution is -0.882. The first-order valence-corrected chi connectivity index (χ1v) is 17.8. The van der Waals surface area contributed by atoms with E-state index in [9.17, 15) is 9.59 Å². The summed E-state index contributed by atoms with van der Waals surface area (Å²) in [5.74, 6) is 1.95. The summed E-state index contributed by atoms with van der Waals surface area (Å²) in [5, 5.41) is 5.96. The van der Waals surface area contributed by atoms with Gasteiger partial charge in [-0.25, -0.2) is 0 Å². The van der Waals surface area contributed by atoms with Gasteiger partial charge in [0.1, 0.15) is 11.5 Å². The number of hydrogen-bond donors (Lipinski definition) is 2. The summed E-state index contributed by atoms with van der Waals surface area (Å²) in [4.78, 5) is 24.4. The molecule has 2 aromatic rings. The molecule has 266 valence electrons. The smallest absolute Gasteiger partial charge is 0.275 e. The number of rotatable bonds is 25. The zero-order valence-corrected chi connectivity index (χ0v) is 30.9. The number of carbonyl (C=O) groups excluding carboxylic acids is 2. The van der Waals surface area contributed by atoms with E-state index in [1.165, 1.54) is 5.56 Å². The first-order chi connectivity index (χ1) is 22.9. The molecule has 0 saturated heterocycles. The van der Waals surface area contributed by atoms with Crippen LogP contribution in [-0.4, -0.2) is 101 Å². The third kappa shape index (κ3) is 15.5. The Labute approximate surface area is 291 Å². The van der Waals surface area contributed by atoms with Crippen molar-refractivity contribution < 1.29 is 28.0 Å². The average Bonchev–Trinajstić information content (AvgIpc) is 3.03. The van der Waals surface area contributed by atoms with E-state index in [4.69, 9.17) is 9.47 Å². The molecule has 0 aliphatic heterocycles. The molecular formula is C40H64N4O4+2. The summed E-state index contributed by atoms with van der Waals surface area (Å²) in [6, 6.07) is 12.7. The molecule has 2 rings (SSSR count). The van der Waals surface area contributed by atoms with Crippen LogP contribution < -0.4 is 20.1 Å². The predicted octanol–water partition coefficient (Wildman–Crippen LogP) is 6.33. The van der Waals surface area contributed by atoms with Crippen LogP contribution in [0, 0.1) is 0 Å². The van der Waals surface area contributed by atoms with Gasteiger partial charge in [0.15, 0.2) is 13.1 Å². The average molecular weight is 665 g/mol. The number of carbonyl (C=O) groups is 2. The van der Waals surface area contributed by atoms with Crippen LogP contribution in [0.25, 0.3) is 11.1 Å². The number of likely N-dealkylation sites (N-methyl/N-ethyl adjacent to an activating group) is 2. The van der Waals surface area contributed by atoms with Crippen LogP contribution in [0.3, 0.4) is 0 Å². The third-order valence-electron chi connectivity index (χ3n) is 8.28. The van der Waals surface area contributed by atoms with Crippen LogP contribution in [-0.2, 0) is 22.4 Å². The summed E-state index contributed by atoms with van der Waals surface area (Å²) in [5.41, 5.74) is 4.41. The van der Waals surface area contributed by atoms with Gasteiger partial charge >= 0.3 is 0 Å². The minimum Gasteiger partial charge on any atom is -0.493 e. The van der Waals surface area contributed by atoms with E-state index in [0.717, 1.165) is 99.3 Å². The molecule has 0 aromatic heterocycles. The summed E-state index contributed by atoms with van der Waals surface area (Å²) < 4.78 is 14.0. The number of nitrogens with zero attached hydrogens (tertiary/aromatic N) is 2. The Morgan fingerprint density at radius 1 is 0.708 bits per heavy atom. The number of hydrogen-bond acceptors (Lipinski definition) is 4.